The molecule has 0 spiro atoms. The van der Waals surface area contributed by atoms with Crippen LogP contribution in [0, 0.1) is 10.1 Å². The van der Waals surface area contributed by atoms with Gasteiger partial charge in [0.25, 0.3) is 5.69 Å². The fourth-order valence-corrected chi connectivity index (χ4v) is 1.64. The zero-order valence-corrected chi connectivity index (χ0v) is 12.8. The largest absolute Gasteiger partial charge is 0.467 e. The second kappa shape index (κ2) is 7.05. The fraction of sp³-hybridized carbons (Fsp3) is 0.333. The normalized spacial score (nSPS) is 10.7. The van der Waals surface area contributed by atoms with Crippen molar-refractivity contribution in [3.63, 3.8) is 0 Å². The van der Waals surface area contributed by atoms with E-state index in [0.29, 0.717) is 0 Å². The predicted molar refractivity (Wildman–Crippen MR) is 77.0 cm³/mol. The lowest BCUT2D eigenvalue weighted by molar-refractivity contribution is -0.383. The van der Waals surface area contributed by atoms with E-state index in [4.69, 9.17) is 16.6 Å². The van der Waals surface area contributed by atoms with E-state index in [2.05, 4.69) is 10.1 Å². The van der Waals surface area contributed by atoms with E-state index in [1.807, 2.05) is 0 Å². The molecule has 0 heterocycles. The Morgan fingerprint density at radius 1 is 1.36 bits per heavy atom. The van der Waals surface area contributed by atoms with Crippen LogP contribution in [0.2, 0.25) is 0 Å². The highest BCUT2D eigenvalue weighted by atomic mass is 35.5. The number of benzene rings is 1. The van der Waals surface area contributed by atoms with Crippen molar-refractivity contribution < 1.29 is 24.1 Å². The van der Waals surface area contributed by atoms with Gasteiger partial charge in [-0.15, -0.1) is 4.58 Å². The lowest BCUT2D eigenvalue weighted by Gasteiger charge is -2.25. The number of urea groups is 1. The van der Waals surface area contributed by atoms with Crippen LogP contribution in [0.25, 0.3) is 0 Å². The first-order valence-corrected chi connectivity index (χ1v) is 6.30. The zero-order chi connectivity index (χ0) is 16.9. The third-order valence-electron chi connectivity index (χ3n) is 2.49. The lowest BCUT2D eigenvalue weighted by Crippen LogP contribution is -2.42. The van der Waals surface area contributed by atoms with Gasteiger partial charge >= 0.3 is 12.0 Å². The molecule has 0 saturated heterocycles. The second-order valence-corrected chi connectivity index (χ2v) is 4.85. The molecular formula is C12H14ClN3O6. The minimum absolute atomic E-state index is 0.0670. The number of amides is 2. The van der Waals surface area contributed by atoms with Crippen LogP contribution in [0.3, 0.4) is 0 Å². The van der Waals surface area contributed by atoms with Crippen LogP contribution in [0.1, 0.15) is 13.8 Å². The zero-order valence-electron chi connectivity index (χ0n) is 12.0. The molecule has 1 aromatic rings. The Balaban J connectivity index is 2.81. The number of nitrogens with one attached hydrogen (secondary N) is 1. The topological polar surface area (TPSA) is 111 Å². The quantitative estimate of drug-likeness (QED) is 0.384. The molecule has 22 heavy (non-hydrogen) atoms. The molecule has 0 fully saturated rings. The van der Waals surface area contributed by atoms with Crippen molar-refractivity contribution >= 4 is 35.2 Å². The molecule has 1 aromatic carbocycles. The van der Waals surface area contributed by atoms with Crippen LogP contribution in [-0.4, -0.2) is 34.2 Å². The molecule has 0 saturated carbocycles. The molecule has 0 aromatic heterocycles. The van der Waals surface area contributed by atoms with Crippen molar-refractivity contribution in [2.45, 2.75) is 19.4 Å². The van der Waals surface area contributed by atoms with Gasteiger partial charge in [-0.1, -0.05) is 12.1 Å². The van der Waals surface area contributed by atoms with E-state index in [9.17, 15) is 19.7 Å². The molecule has 0 aliphatic carbocycles. The molecular weight excluding hydrogens is 318 g/mol. The molecule has 1 rings (SSSR count). The molecule has 1 N–H and O–H groups in total. The van der Waals surface area contributed by atoms with Crippen LogP contribution in [0.15, 0.2) is 24.3 Å². The van der Waals surface area contributed by atoms with Crippen LogP contribution < -0.4 is 5.32 Å². The molecule has 0 radical (unpaired) electrons. The highest BCUT2D eigenvalue weighted by Gasteiger charge is 2.35. The number of hydroxylamine groups is 1. The molecule has 10 heteroatoms. The lowest BCUT2D eigenvalue weighted by atomic mass is 10.1. The number of nitro groups is 1. The summed E-state index contributed by atoms with van der Waals surface area (Å²) in [5.41, 5.74) is -1.90. The van der Waals surface area contributed by atoms with E-state index >= 15 is 0 Å². The number of rotatable bonds is 5. The van der Waals surface area contributed by atoms with Crippen molar-refractivity contribution in [2.75, 3.05) is 12.4 Å². The van der Waals surface area contributed by atoms with E-state index in [0.717, 1.165) is 7.11 Å². The van der Waals surface area contributed by atoms with Crippen molar-refractivity contribution in [2.24, 2.45) is 0 Å². The Labute approximate surface area is 131 Å². The number of para-hydroxylation sites is 2. The molecule has 2 amide bonds. The van der Waals surface area contributed by atoms with E-state index < -0.39 is 22.5 Å². The average Bonchev–Trinajstić information content (AvgIpc) is 2.46. The van der Waals surface area contributed by atoms with Gasteiger partial charge in [0.05, 0.1) is 12.0 Å². The molecule has 0 atom stereocenters. The van der Waals surface area contributed by atoms with Crippen LogP contribution >= 0.6 is 11.8 Å². The molecule has 0 aliphatic rings. The summed E-state index contributed by atoms with van der Waals surface area (Å²) in [4.78, 5) is 38.5. The number of carbonyl (C=O) groups is 2. The molecule has 0 aliphatic heterocycles. The Morgan fingerprint density at radius 2 is 1.95 bits per heavy atom. The standard InChI is InChI=1S/C12H14ClN3O6/c1-12(2,10(17)21-3)22-15(13)11(18)14-8-6-4-5-7-9(8)16(19)20/h4-7H,1-3H3,(H,14,18). The van der Waals surface area contributed by atoms with Gasteiger partial charge in [0.2, 0.25) is 0 Å². The maximum absolute atomic E-state index is 11.9. The minimum atomic E-state index is -1.52. The van der Waals surface area contributed by atoms with Crippen molar-refractivity contribution in [1.82, 2.24) is 4.58 Å². The maximum atomic E-state index is 11.9. The minimum Gasteiger partial charge on any atom is -0.467 e. The van der Waals surface area contributed by atoms with Gasteiger partial charge in [-0.2, -0.15) is 0 Å². The maximum Gasteiger partial charge on any atom is 0.361 e. The molecule has 120 valence electrons. The van der Waals surface area contributed by atoms with Gasteiger partial charge in [-0.05, 0) is 19.9 Å². The van der Waals surface area contributed by atoms with Crippen molar-refractivity contribution in [1.29, 1.82) is 0 Å². The number of nitro benzene ring substituents is 1. The number of methoxy groups -OCH3 is 1. The van der Waals surface area contributed by atoms with Gasteiger partial charge in [-0.3, -0.25) is 15.4 Å². The number of esters is 1. The second-order valence-electron chi connectivity index (χ2n) is 4.54. The Hall–Kier alpha value is -2.39. The molecule has 9 nitrogen and oxygen atoms in total. The average molecular weight is 332 g/mol. The summed E-state index contributed by atoms with van der Waals surface area (Å²) < 4.78 is 4.74. The van der Waals surface area contributed by atoms with Gasteiger partial charge in [0.1, 0.15) is 5.69 Å². The molecule has 0 unspecified atom stereocenters. The van der Waals surface area contributed by atoms with E-state index in [1.165, 1.54) is 38.1 Å². The monoisotopic (exact) mass is 331 g/mol. The summed E-state index contributed by atoms with van der Waals surface area (Å²) in [7, 11) is 1.15. The number of halogens is 1. The van der Waals surface area contributed by atoms with E-state index in [-0.39, 0.29) is 16.0 Å². The van der Waals surface area contributed by atoms with Gasteiger partial charge in [0.15, 0.2) is 5.60 Å². The van der Waals surface area contributed by atoms with Gasteiger partial charge < -0.3 is 4.74 Å². The Morgan fingerprint density at radius 3 is 2.50 bits per heavy atom. The number of hydrogen-bond acceptors (Lipinski definition) is 6. The first kappa shape index (κ1) is 17.7. The molecule has 0 bridgehead atoms. The number of ether oxygens (including phenoxy) is 1. The van der Waals surface area contributed by atoms with Crippen molar-refractivity contribution in [3.05, 3.63) is 34.4 Å². The summed E-state index contributed by atoms with van der Waals surface area (Å²) in [6.45, 7) is 2.68. The van der Waals surface area contributed by atoms with Crippen LogP contribution in [0.5, 0.6) is 0 Å². The third kappa shape index (κ3) is 4.30. The van der Waals surface area contributed by atoms with Crippen molar-refractivity contribution in [3.8, 4) is 0 Å². The summed E-state index contributed by atoms with van der Waals surface area (Å²) in [5, 5.41) is 13.1. The van der Waals surface area contributed by atoms with Gasteiger partial charge in [-0.25, -0.2) is 14.4 Å². The SMILES string of the molecule is COC(=O)C(C)(C)ON(Cl)C(=O)Nc1ccccc1[N+](=O)[O-]. The summed E-state index contributed by atoms with van der Waals surface area (Å²) in [6.07, 6.45) is 0. The summed E-state index contributed by atoms with van der Waals surface area (Å²) in [6, 6.07) is 4.48. The highest BCUT2D eigenvalue weighted by molar-refractivity contribution is 6.22. The highest BCUT2D eigenvalue weighted by Crippen LogP contribution is 2.24. The Kier molecular flexibility index (Phi) is 5.66. The summed E-state index contributed by atoms with van der Waals surface area (Å²) >= 11 is 5.62. The first-order valence-electron chi connectivity index (χ1n) is 5.97. The van der Waals surface area contributed by atoms with Crippen LogP contribution in [0.4, 0.5) is 16.2 Å². The first-order chi connectivity index (χ1) is 10.2. The number of carbonyl (C=O) groups excluding carboxylic acids is 2. The fourth-order valence-electron chi connectivity index (χ4n) is 1.42. The Bertz CT molecular complexity index is 592. The van der Waals surface area contributed by atoms with E-state index in [1.54, 1.807) is 0 Å². The smallest absolute Gasteiger partial charge is 0.361 e. The van der Waals surface area contributed by atoms with Crippen LogP contribution in [-0.2, 0) is 14.4 Å². The number of anilines is 1. The summed E-state index contributed by atoms with van der Waals surface area (Å²) in [5.74, 6) is -0.753. The van der Waals surface area contributed by atoms with Gasteiger partial charge in [0, 0.05) is 17.8 Å². The number of hydrogen-bond donors (Lipinski definition) is 1. The predicted octanol–water partition coefficient (Wildman–Crippen LogP) is 2.47. The number of nitrogens with zero attached hydrogens (tertiary/aromatic N) is 2. The third-order valence-corrected chi connectivity index (χ3v) is 2.71.